The van der Waals surface area contributed by atoms with E-state index in [2.05, 4.69) is 0 Å². The molecule has 0 aliphatic carbocycles. The van der Waals surface area contributed by atoms with Crippen molar-refractivity contribution in [3.05, 3.63) is 0 Å². The van der Waals surface area contributed by atoms with Gasteiger partial charge in [0.25, 0.3) is 0 Å². The van der Waals surface area contributed by atoms with Crippen molar-refractivity contribution in [2.24, 2.45) is 0 Å². The summed E-state index contributed by atoms with van der Waals surface area (Å²) in [4.78, 5) is 33.3. The number of rotatable bonds is 0. The van der Waals surface area contributed by atoms with Crippen molar-refractivity contribution in [3.8, 4) is 0 Å². The Morgan fingerprint density at radius 3 is 0.275 bits per heavy atom. The summed E-state index contributed by atoms with van der Waals surface area (Å²) in [7, 11) is 0. The first-order valence-corrected chi connectivity index (χ1v) is 2.45. The molecule has 0 aromatic carbocycles. The van der Waals surface area contributed by atoms with Gasteiger partial charge in [-0.05, 0) is 24.6 Å². The minimum Gasteiger partial charge on any atom is -1.00 e. The van der Waals surface area contributed by atoms with Crippen molar-refractivity contribution in [1.82, 2.24) is 0 Å². The number of hydrogen-bond donors (Lipinski definition) is 0. The van der Waals surface area contributed by atoms with Gasteiger partial charge in [-0.25, -0.2) is 0 Å². The number of carboxylic acid groups (broad SMARTS) is 8. The van der Waals surface area contributed by atoms with Gasteiger partial charge in [-0.15, -0.1) is 0 Å². The molecule has 0 amide bonds. The van der Waals surface area contributed by atoms with E-state index < -0.39 is 24.6 Å². The van der Waals surface area contributed by atoms with Crippen molar-refractivity contribution in [2.75, 3.05) is 0 Å². The fraction of sp³-hybridized carbons (Fsp3) is 0. The van der Waals surface area contributed by atoms with Gasteiger partial charge in [0, 0.05) is 0 Å². The SMILES string of the molecule is O.O.O.O.O.O.O.O.O.O.O.O.O.O.O.O.O=C([O-])[O-].O=C([O-])[O-].O=C([O-])[O-].O=C([O-])[O-].[Cl-].[Cl-].[K+].[K+].[Mg+2].[Mg+2].[Ru+2].[Ru+2]. The zero-order valence-corrected chi connectivity index (χ0v) is 33.8. The summed E-state index contributed by atoms with van der Waals surface area (Å²) in [6.07, 6.45) is -9.33. The smallest absolute Gasteiger partial charge is 1.00 e. The second-order valence-corrected chi connectivity index (χ2v) is 1.00. The molecule has 0 rings (SSSR count). The quantitative estimate of drug-likeness (QED) is 0.205. The van der Waals surface area contributed by atoms with Crippen LogP contribution >= 0.6 is 0 Å². The van der Waals surface area contributed by atoms with Crippen LogP contribution in [-0.4, -0.2) is 158 Å². The van der Waals surface area contributed by atoms with E-state index in [1.54, 1.807) is 0 Å². The molecular formula is C4H32Cl2K2Mg2O28Ru2. The third-order valence-electron chi connectivity index (χ3n) is 0. The topological polar surface area (TPSA) is 757 Å². The van der Waals surface area contributed by atoms with Crippen LogP contribution < -0.4 is 168 Å². The third-order valence-corrected chi connectivity index (χ3v) is 0. The van der Waals surface area contributed by atoms with Gasteiger partial charge in [0.05, 0.1) is 0 Å². The molecule has 0 saturated heterocycles. The molecule has 0 atom stereocenters. The van der Waals surface area contributed by atoms with Gasteiger partial charge >= 0.3 is 188 Å². The van der Waals surface area contributed by atoms with Crippen LogP contribution in [0.25, 0.3) is 0 Å². The van der Waals surface area contributed by atoms with E-state index in [1.807, 2.05) is 0 Å². The average molecular weight is 928 g/mol. The van der Waals surface area contributed by atoms with Crippen LogP contribution in [0, 0.1) is 0 Å². The molecule has 0 unspecified atom stereocenters. The summed E-state index contributed by atoms with van der Waals surface area (Å²) in [5.41, 5.74) is 0. The summed E-state index contributed by atoms with van der Waals surface area (Å²) in [5, 5.41) is 66.7. The van der Waals surface area contributed by atoms with Crippen molar-refractivity contribution in [2.45, 2.75) is 0 Å². The van der Waals surface area contributed by atoms with Crippen molar-refractivity contribution >= 4 is 70.7 Å². The predicted octanol–water partition coefficient (Wildman–Crippen LogP) is -35.7. The van der Waals surface area contributed by atoms with E-state index in [9.17, 15) is 0 Å². The Kier molecular flexibility index (Phi) is 2620. The van der Waals surface area contributed by atoms with Gasteiger partial charge in [0.2, 0.25) is 0 Å². The van der Waals surface area contributed by atoms with E-state index in [1.165, 1.54) is 0 Å². The molecule has 0 fully saturated rings. The molecule has 0 aromatic rings. The van der Waals surface area contributed by atoms with Gasteiger partial charge < -0.3 is 172 Å². The Bertz CT molecular complexity index is 202. The Labute approximate surface area is 378 Å². The Morgan fingerprint density at radius 1 is 0.275 bits per heavy atom. The van der Waals surface area contributed by atoms with Gasteiger partial charge in [-0.2, -0.15) is 0 Å². The largest absolute Gasteiger partial charge is 2.00 e. The molecule has 0 bridgehead atoms. The van der Waals surface area contributed by atoms with Gasteiger partial charge in [-0.3, -0.25) is 0 Å². The maximum absolute atomic E-state index is 8.33. The Hall–Kier alpha value is 3.07. The van der Waals surface area contributed by atoms with Crippen LogP contribution in [0.1, 0.15) is 0 Å². The second-order valence-electron chi connectivity index (χ2n) is 1.00. The average Bonchev–Trinajstić information content (AvgIpc) is 1.76. The second kappa shape index (κ2) is 312. The molecular weight excluding hydrogens is 896 g/mol. The van der Waals surface area contributed by atoms with E-state index in [0.29, 0.717) is 0 Å². The molecule has 0 aliphatic rings. The Morgan fingerprint density at radius 2 is 0.275 bits per heavy atom. The first-order valence-electron chi connectivity index (χ1n) is 2.45. The fourth-order valence-corrected chi connectivity index (χ4v) is 0. The van der Waals surface area contributed by atoms with Crippen LogP contribution in [0.15, 0.2) is 0 Å². The monoisotopic (exact) mass is 928 g/mol. The fourth-order valence-electron chi connectivity index (χ4n) is 0. The van der Waals surface area contributed by atoms with Crippen LogP contribution in [0.2, 0.25) is 0 Å². The molecule has 36 heteroatoms. The van der Waals surface area contributed by atoms with Crippen LogP contribution in [0.3, 0.4) is 0 Å². The maximum Gasteiger partial charge on any atom is 2.00 e. The summed E-state index contributed by atoms with van der Waals surface area (Å²) in [6, 6.07) is 0. The first-order chi connectivity index (χ1) is 6.93. The zero-order valence-electron chi connectivity index (χ0n) is 19.8. The molecule has 0 radical (unpaired) electrons. The first kappa shape index (κ1) is 336. The zero-order chi connectivity index (χ0) is 14.3. The molecule has 252 valence electrons. The van der Waals surface area contributed by atoms with Crippen molar-refractivity contribution in [1.29, 1.82) is 0 Å². The minimum atomic E-state index is -2.33. The van der Waals surface area contributed by atoms with E-state index in [-0.39, 0.29) is 300 Å². The minimum absolute atomic E-state index is 0. The normalized spacial score (nSPS) is 2.40. The molecule has 0 aliphatic heterocycles. The van der Waals surface area contributed by atoms with Crippen LogP contribution in [-0.2, 0) is 39.0 Å². The number of halogens is 2. The van der Waals surface area contributed by atoms with Crippen molar-refractivity contribution < 1.29 is 314 Å². The molecule has 28 nitrogen and oxygen atoms in total. The molecule has 40 heavy (non-hydrogen) atoms. The molecule has 0 aromatic heterocycles. The predicted molar refractivity (Wildman–Crippen MR) is 90.9 cm³/mol. The van der Waals surface area contributed by atoms with Gasteiger partial charge in [0.15, 0.2) is 0 Å². The third kappa shape index (κ3) is 6990. The number of carbonyl (C=O) groups excluding carboxylic acids is 4. The maximum atomic E-state index is 8.33. The van der Waals surface area contributed by atoms with E-state index in [4.69, 9.17) is 60.0 Å². The summed E-state index contributed by atoms with van der Waals surface area (Å²) < 4.78 is 0. The molecule has 0 heterocycles. The molecule has 0 saturated carbocycles. The summed E-state index contributed by atoms with van der Waals surface area (Å²) in [5.74, 6) is 0. The number of hydrogen-bond acceptors (Lipinski definition) is 12. The molecule has 0 spiro atoms. The van der Waals surface area contributed by atoms with E-state index >= 15 is 0 Å². The van der Waals surface area contributed by atoms with Crippen molar-refractivity contribution in [3.63, 3.8) is 0 Å². The number of carbonyl (C=O) groups is 4. The van der Waals surface area contributed by atoms with E-state index in [0.717, 1.165) is 0 Å². The van der Waals surface area contributed by atoms with Crippen LogP contribution in [0.4, 0.5) is 19.2 Å². The van der Waals surface area contributed by atoms with Gasteiger partial charge in [-0.1, -0.05) is 0 Å². The Balaban J connectivity index is -0.00000000154. The standard InChI is InChI=1S/4CH2O3.2ClH.2K.2Mg.16H2O.2Ru/c4*2-1(3)4;;;;;;;;;;;;;;;;;;;;;;;;/h4*(H2,2,3,4);2*1H;;;;;16*1H2;;/q;;;;;;2*+1;2*+2;;;;;;;;;;;;;;;;;2*+2/p-10. The summed E-state index contributed by atoms with van der Waals surface area (Å²) in [6.45, 7) is 0. The molecule has 32 N–H and O–H groups in total. The van der Waals surface area contributed by atoms with Gasteiger partial charge in [0.1, 0.15) is 0 Å². The summed E-state index contributed by atoms with van der Waals surface area (Å²) >= 11 is 0. The van der Waals surface area contributed by atoms with Crippen LogP contribution in [0.5, 0.6) is 0 Å².